The van der Waals surface area contributed by atoms with Gasteiger partial charge in [-0.1, -0.05) is 31.2 Å². The Hall–Kier alpha value is -2.99. The van der Waals surface area contributed by atoms with Crippen LogP contribution in [0.15, 0.2) is 48.5 Å². The standard InChI is InChI=1S/C19H17NO5/c1-2-10-24-19(23)14-7-5-6-13(11-14)12-25-20-17(21)15-8-3-4-9-16(15)18(20)22/h3-9,11H,2,10,12H2,1H3. The minimum atomic E-state index is -0.487. The van der Waals surface area contributed by atoms with E-state index in [2.05, 4.69) is 0 Å². The fraction of sp³-hybridized carbons (Fsp3) is 0.211. The fourth-order valence-electron chi connectivity index (χ4n) is 2.49. The zero-order chi connectivity index (χ0) is 17.8. The Morgan fingerprint density at radius 1 is 1.00 bits per heavy atom. The fourth-order valence-corrected chi connectivity index (χ4v) is 2.49. The van der Waals surface area contributed by atoms with Crippen molar-refractivity contribution in [1.82, 2.24) is 5.06 Å². The molecule has 3 rings (SSSR count). The lowest BCUT2D eigenvalue weighted by molar-refractivity contribution is -0.101. The number of rotatable bonds is 6. The third-order valence-corrected chi connectivity index (χ3v) is 3.72. The molecule has 1 heterocycles. The smallest absolute Gasteiger partial charge is 0.338 e. The van der Waals surface area contributed by atoms with E-state index in [4.69, 9.17) is 9.57 Å². The molecule has 0 saturated heterocycles. The maximum absolute atomic E-state index is 12.2. The second-order valence-electron chi connectivity index (χ2n) is 5.56. The van der Waals surface area contributed by atoms with E-state index in [-0.39, 0.29) is 6.61 Å². The first kappa shape index (κ1) is 16.9. The number of fused-ring (bicyclic) bond motifs is 1. The molecule has 0 bridgehead atoms. The monoisotopic (exact) mass is 339 g/mol. The Balaban J connectivity index is 1.68. The summed E-state index contributed by atoms with van der Waals surface area (Å²) in [6.07, 6.45) is 0.744. The molecule has 0 N–H and O–H groups in total. The van der Waals surface area contributed by atoms with Crippen LogP contribution in [0.5, 0.6) is 0 Å². The lowest BCUT2D eigenvalue weighted by Gasteiger charge is -2.13. The number of ether oxygens (including phenoxy) is 1. The van der Waals surface area contributed by atoms with Gasteiger partial charge in [-0.15, -0.1) is 5.06 Å². The SMILES string of the molecule is CCCOC(=O)c1cccc(CON2C(=O)c3ccccc3C2=O)c1. The molecule has 128 valence electrons. The van der Waals surface area contributed by atoms with Gasteiger partial charge < -0.3 is 4.74 Å². The summed E-state index contributed by atoms with van der Waals surface area (Å²) in [5.74, 6) is -1.39. The molecule has 0 unspecified atom stereocenters. The normalized spacial score (nSPS) is 13.1. The Bertz CT molecular complexity index is 795. The number of amides is 2. The van der Waals surface area contributed by atoms with Crippen molar-refractivity contribution < 1.29 is 24.0 Å². The number of carbonyl (C=O) groups excluding carboxylic acids is 3. The van der Waals surface area contributed by atoms with Crippen LogP contribution >= 0.6 is 0 Å². The number of hydroxylamine groups is 2. The maximum atomic E-state index is 12.2. The predicted molar refractivity (Wildman–Crippen MR) is 88.7 cm³/mol. The molecule has 0 spiro atoms. The van der Waals surface area contributed by atoms with Gasteiger partial charge >= 0.3 is 5.97 Å². The molecule has 2 aromatic carbocycles. The Kier molecular flexibility index (Phi) is 4.90. The van der Waals surface area contributed by atoms with Gasteiger partial charge in [0.25, 0.3) is 11.8 Å². The van der Waals surface area contributed by atoms with E-state index in [1.807, 2.05) is 6.92 Å². The molecule has 2 aromatic rings. The van der Waals surface area contributed by atoms with Crippen molar-refractivity contribution in [1.29, 1.82) is 0 Å². The number of imide groups is 1. The average Bonchev–Trinajstić information content (AvgIpc) is 2.89. The van der Waals surface area contributed by atoms with Crippen molar-refractivity contribution in [2.75, 3.05) is 6.61 Å². The first-order valence-electron chi connectivity index (χ1n) is 7.98. The lowest BCUT2D eigenvalue weighted by Crippen LogP contribution is -2.29. The van der Waals surface area contributed by atoms with Gasteiger partial charge in [-0.3, -0.25) is 14.4 Å². The summed E-state index contributed by atoms with van der Waals surface area (Å²) in [4.78, 5) is 41.7. The largest absolute Gasteiger partial charge is 0.462 e. The first-order valence-corrected chi connectivity index (χ1v) is 7.98. The molecule has 0 fully saturated rings. The van der Waals surface area contributed by atoms with Crippen molar-refractivity contribution in [3.05, 3.63) is 70.8 Å². The van der Waals surface area contributed by atoms with E-state index in [1.165, 1.54) is 0 Å². The molecule has 25 heavy (non-hydrogen) atoms. The summed E-state index contributed by atoms with van der Waals surface area (Å²) in [5, 5.41) is 0.757. The summed E-state index contributed by atoms with van der Waals surface area (Å²) in [6.45, 7) is 2.26. The third-order valence-electron chi connectivity index (χ3n) is 3.72. The van der Waals surface area contributed by atoms with Crippen molar-refractivity contribution >= 4 is 17.8 Å². The highest BCUT2D eigenvalue weighted by atomic mass is 16.7. The number of carbonyl (C=O) groups is 3. The molecular weight excluding hydrogens is 322 g/mol. The first-order chi connectivity index (χ1) is 12.1. The summed E-state index contributed by atoms with van der Waals surface area (Å²) in [6, 6.07) is 13.3. The summed E-state index contributed by atoms with van der Waals surface area (Å²) in [7, 11) is 0. The van der Waals surface area contributed by atoms with Crippen molar-refractivity contribution in [3.8, 4) is 0 Å². The van der Waals surface area contributed by atoms with E-state index in [0.29, 0.717) is 28.9 Å². The zero-order valence-corrected chi connectivity index (χ0v) is 13.7. The van der Waals surface area contributed by atoms with E-state index < -0.39 is 17.8 Å². The molecule has 6 heteroatoms. The Morgan fingerprint density at radius 2 is 1.68 bits per heavy atom. The number of esters is 1. The van der Waals surface area contributed by atoms with Gasteiger partial charge in [0.1, 0.15) is 6.61 Å². The number of benzene rings is 2. The molecule has 1 aliphatic rings. The minimum absolute atomic E-state index is 0.0135. The molecule has 1 aliphatic heterocycles. The van der Waals surface area contributed by atoms with E-state index in [0.717, 1.165) is 11.5 Å². The summed E-state index contributed by atoms with van der Waals surface area (Å²) >= 11 is 0. The molecule has 0 aliphatic carbocycles. The second kappa shape index (κ2) is 7.27. The van der Waals surface area contributed by atoms with E-state index in [1.54, 1.807) is 48.5 Å². The van der Waals surface area contributed by atoms with Crippen LogP contribution in [-0.2, 0) is 16.2 Å². The van der Waals surface area contributed by atoms with Gasteiger partial charge in [0.2, 0.25) is 0 Å². The molecule has 0 atom stereocenters. The van der Waals surface area contributed by atoms with E-state index >= 15 is 0 Å². The van der Waals surface area contributed by atoms with Gasteiger partial charge in [0.05, 0.1) is 23.3 Å². The van der Waals surface area contributed by atoms with Gasteiger partial charge in [0.15, 0.2) is 0 Å². The molecule has 0 aromatic heterocycles. The molecular formula is C19H17NO5. The molecule has 0 radical (unpaired) electrons. The van der Waals surface area contributed by atoms with Crippen molar-refractivity contribution in [2.45, 2.75) is 20.0 Å². The zero-order valence-electron chi connectivity index (χ0n) is 13.7. The molecule has 0 saturated carbocycles. The van der Waals surface area contributed by atoms with Gasteiger partial charge in [-0.05, 0) is 36.2 Å². The van der Waals surface area contributed by atoms with Crippen LogP contribution in [0, 0.1) is 0 Å². The van der Waals surface area contributed by atoms with Crippen LogP contribution in [0.3, 0.4) is 0 Å². The number of hydrogen-bond acceptors (Lipinski definition) is 5. The van der Waals surface area contributed by atoms with Crippen LogP contribution in [0.25, 0.3) is 0 Å². The third kappa shape index (κ3) is 3.44. The van der Waals surface area contributed by atoms with Gasteiger partial charge in [-0.25, -0.2) is 4.79 Å². The highest BCUT2D eigenvalue weighted by molar-refractivity contribution is 6.20. The number of nitrogens with zero attached hydrogens (tertiary/aromatic N) is 1. The van der Waals surface area contributed by atoms with Crippen molar-refractivity contribution in [2.24, 2.45) is 0 Å². The van der Waals surface area contributed by atoms with Gasteiger partial charge in [0, 0.05) is 0 Å². The van der Waals surface area contributed by atoms with Crippen LogP contribution in [0.2, 0.25) is 0 Å². The highest BCUT2D eigenvalue weighted by Crippen LogP contribution is 2.23. The topological polar surface area (TPSA) is 72.9 Å². The quantitative estimate of drug-likeness (QED) is 0.597. The van der Waals surface area contributed by atoms with Crippen LogP contribution in [0.4, 0.5) is 0 Å². The molecule has 2 amide bonds. The van der Waals surface area contributed by atoms with Crippen LogP contribution in [-0.4, -0.2) is 29.5 Å². The summed E-state index contributed by atoms with van der Waals surface area (Å²) in [5.41, 5.74) is 1.70. The average molecular weight is 339 g/mol. The van der Waals surface area contributed by atoms with Crippen molar-refractivity contribution in [3.63, 3.8) is 0 Å². The van der Waals surface area contributed by atoms with Crippen LogP contribution in [0.1, 0.15) is 50.0 Å². The Labute approximate surface area is 144 Å². The Morgan fingerprint density at radius 3 is 2.32 bits per heavy atom. The van der Waals surface area contributed by atoms with E-state index in [9.17, 15) is 14.4 Å². The van der Waals surface area contributed by atoms with Gasteiger partial charge in [-0.2, -0.15) is 0 Å². The second-order valence-corrected chi connectivity index (χ2v) is 5.56. The number of hydrogen-bond donors (Lipinski definition) is 0. The van der Waals surface area contributed by atoms with Crippen LogP contribution < -0.4 is 0 Å². The maximum Gasteiger partial charge on any atom is 0.338 e. The summed E-state index contributed by atoms with van der Waals surface area (Å²) < 4.78 is 5.09. The highest BCUT2D eigenvalue weighted by Gasteiger charge is 2.36. The minimum Gasteiger partial charge on any atom is -0.462 e. The lowest BCUT2D eigenvalue weighted by atomic mass is 10.1. The predicted octanol–water partition coefficient (Wildman–Crippen LogP) is 2.98. The molecule has 6 nitrogen and oxygen atoms in total.